The number of fused-ring (bicyclic) bond motifs is 1. The molecule has 3 aromatic heterocycles. The van der Waals surface area contributed by atoms with Crippen molar-refractivity contribution in [1.82, 2.24) is 34.4 Å². The molecule has 10 heteroatoms. The van der Waals surface area contributed by atoms with Gasteiger partial charge in [0.05, 0.1) is 12.2 Å². The lowest BCUT2D eigenvalue weighted by molar-refractivity contribution is 0.638. The summed E-state index contributed by atoms with van der Waals surface area (Å²) >= 11 is 7.46. The molecule has 0 spiro atoms. The summed E-state index contributed by atoms with van der Waals surface area (Å²) in [7, 11) is 0. The van der Waals surface area contributed by atoms with Crippen LogP contribution in [0.5, 0.6) is 0 Å². The van der Waals surface area contributed by atoms with Crippen LogP contribution in [0.3, 0.4) is 0 Å². The third kappa shape index (κ3) is 3.15. The van der Waals surface area contributed by atoms with E-state index in [9.17, 15) is 4.79 Å². The molecule has 0 atom stereocenters. The quantitative estimate of drug-likeness (QED) is 0.497. The molecule has 0 unspecified atom stereocenters. The Morgan fingerprint density at radius 3 is 2.92 bits per heavy atom. The van der Waals surface area contributed by atoms with Crippen LogP contribution in [0, 0.1) is 0 Å². The zero-order valence-corrected chi connectivity index (χ0v) is 14.4. The third-order valence-electron chi connectivity index (χ3n) is 3.52. The molecule has 0 aliphatic carbocycles. The number of hydrogen-bond donors (Lipinski definition) is 0. The summed E-state index contributed by atoms with van der Waals surface area (Å²) in [6.07, 6.45) is 1.70. The first kappa shape index (κ1) is 15.9. The van der Waals surface area contributed by atoms with E-state index < -0.39 is 0 Å². The molecule has 1 aromatic carbocycles. The Morgan fingerprint density at radius 1 is 1.16 bits per heavy atom. The van der Waals surface area contributed by atoms with Gasteiger partial charge in [-0.15, -0.1) is 10.2 Å². The standard InChI is InChI=1S/C15H12ClN7OS/c16-11-4-3-5-12(10-11)23-14(17-19-20-23)25-9-8-22-15(24)21-7-2-1-6-13(21)18-22/h1-7,10H,8-9H2. The molecule has 25 heavy (non-hydrogen) atoms. The monoisotopic (exact) mass is 373 g/mol. The molecule has 0 N–H and O–H groups in total. The van der Waals surface area contributed by atoms with E-state index in [1.165, 1.54) is 20.8 Å². The molecule has 126 valence electrons. The highest BCUT2D eigenvalue weighted by Gasteiger charge is 2.11. The van der Waals surface area contributed by atoms with Crippen molar-refractivity contribution < 1.29 is 0 Å². The van der Waals surface area contributed by atoms with E-state index in [4.69, 9.17) is 11.6 Å². The summed E-state index contributed by atoms with van der Waals surface area (Å²) in [6, 6.07) is 12.7. The van der Waals surface area contributed by atoms with Crippen LogP contribution >= 0.6 is 23.4 Å². The molecule has 0 saturated carbocycles. The number of halogens is 1. The average Bonchev–Trinajstić information content (AvgIpc) is 3.21. The van der Waals surface area contributed by atoms with Crippen molar-refractivity contribution in [3.8, 4) is 5.69 Å². The van der Waals surface area contributed by atoms with Crippen molar-refractivity contribution in [3.05, 3.63) is 64.2 Å². The molecular weight excluding hydrogens is 362 g/mol. The number of rotatable bonds is 5. The van der Waals surface area contributed by atoms with Crippen LogP contribution in [0.4, 0.5) is 0 Å². The molecular formula is C15H12ClN7OS. The van der Waals surface area contributed by atoms with Crippen LogP contribution in [-0.4, -0.2) is 40.1 Å². The molecule has 0 amide bonds. The Kier molecular flexibility index (Phi) is 4.24. The van der Waals surface area contributed by atoms with Gasteiger partial charge in [-0.25, -0.2) is 9.48 Å². The van der Waals surface area contributed by atoms with Gasteiger partial charge in [-0.05, 0) is 40.8 Å². The Hall–Kier alpha value is -2.65. The number of aromatic nitrogens is 7. The van der Waals surface area contributed by atoms with E-state index in [2.05, 4.69) is 20.6 Å². The number of benzene rings is 1. The summed E-state index contributed by atoms with van der Waals surface area (Å²) in [6.45, 7) is 0.452. The predicted molar refractivity (Wildman–Crippen MR) is 94.3 cm³/mol. The number of hydrogen-bond acceptors (Lipinski definition) is 6. The minimum atomic E-state index is -0.161. The van der Waals surface area contributed by atoms with Crippen molar-refractivity contribution in [1.29, 1.82) is 0 Å². The van der Waals surface area contributed by atoms with Crippen LogP contribution in [-0.2, 0) is 6.54 Å². The molecule has 8 nitrogen and oxygen atoms in total. The maximum atomic E-state index is 12.2. The van der Waals surface area contributed by atoms with Gasteiger partial charge >= 0.3 is 5.69 Å². The van der Waals surface area contributed by atoms with Gasteiger partial charge in [0.2, 0.25) is 5.16 Å². The molecule has 0 radical (unpaired) electrons. The van der Waals surface area contributed by atoms with Gasteiger partial charge in [-0.3, -0.25) is 4.40 Å². The second-order valence-corrected chi connectivity index (χ2v) is 6.63. The first-order valence-corrected chi connectivity index (χ1v) is 8.80. The van der Waals surface area contributed by atoms with Crippen LogP contribution < -0.4 is 5.69 Å². The largest absolute Gasteiger partial charge is 0.350 e. The highest BCUT2D eigenvalue weighted by Crippen LogP contribution is 2.20. The number of aryl methyl sites for hydroxylation is 1. The molecule has 0 fully saturated rings. The Labute approximate surface area is 151 Å². The first-order chi connectivity index (χ1) is 12.2. The molecule has 0 saturated heterocycles. The topological polar surface area (TPSA) is 82.9 Å². The lowest BCUT2D eigenvalue weighted by atomic mass is 10.3. The van der Waals surface area contributed by atoms with Gasteiger partial charge < -0.3 is 0 Å². The molecule has 0 aliphatic heterocycles. The van der Waals surface area contributed by atoms with E-state index in [0.717, 1.165) is 5.69 Å². The second kappa shape index (κ2) is 6.69. The number of pyridine rings is 1. The Morgan fingerprint density at radius 2 is 2.08 bits per heavy atom. The Balaban J connectivity index is 1.50. The van der Waals surface area contributed by atoms with Crippen LogP contribution in [0.15, 0.2) is 58.6 Å². The van der Waals surface area contributed by atoms with Gasteiger partial charge in [0.15, 0.2) is 5.65 Å². The predicted octanol–water partition coefficient (Wildman–Crippen LogP) is 1.92. The first-order valence-electron chi connectivity index (χ1n) is 7.44. The van der Waals surface area contributed by atoms with Crippen molar-refractivity contribution in [2.75, 3.05) is 5.75 Å². The van der Waals surface area contributed by atoms with Crippen LogP contribution in [0.2, 0.25) is 5.02 Å². The minimum Gasteiger partial charge on any atom is -0.250 e. The summed E-state index contributed by atoms with van der Waals surface area (Å²) in [5.74, 6) is 0.602. The summed E-state index contributed by atoms with van der Waals surface area (Å²) in [5, 5.41) is 17.3. The van der Waals surface area contributed by atoms with Gasteiger partial charge in [-0.1, -0.05) is 35.5 Å². The van der Waals surface area contributed by atoms with Gasteiger partial charge in [0.25, 0.3) is 0 Å². The zero-order chi connectivity index (χ0) is 17.2. The average molecular weight is 374 g/mol. The highest BCUT2D eigenvalue weighted by molar-refractivity contribution is 7.99. The fourth-order valence-electron chi connectivity index (χ4n) is 2.38. The van der Waals surface area contributed by atoms with Crippen molar-refractivity contribution >= 4 is 29.0 Å². The summed E-state index contributed by atoms with van der Waals surface area (Å²) < 4.78 is 4.57. The zero-order valence-electron chi connectivity index (χ0n) is 12.9. The van der Waals surface area contributed by atoms with E-state index in [1.807, 2.05) is 18.2 Å². The summed E-state index contributed by atoms with van der Waals surface area (Å²) in [4.78, 5) is 12.2. The van der Waals surface area contributed by atoms with Gasteiger partial charge in [-0.2, -0.15) is 4.68 Å². The molecule has 4 aromatic rings. The van der Waals surface area contributed by atoms with E-state index >= 15 is 0 Å². The maximum Gasteiger partial charge on any atom is 0.350 e. The van der Waals surface area contributed by atoms with Gasteiger partial charge in [0, 0.05) is 17.0 Å². The molecule has 3 heterocycles. The maximum absolute atomic E-state index is 12.2. The smallest absolute Gasteiger partial charge is 0.250 e. The second-order valence-electron chi connectivity index (χ2n) is 5.14. The number of thioether (sulfide) groups is 1. The van der Waals surface area contributed by atoms with E-state index in [1.54, 1.807) is 35.1 Å². The third-order valence-corrected chi connectivity index (χ3v) is 4.65. The van der Waals surface area contributed by atoms with Crippen molar-refractivity contribution in [3.63, 3.8) is 0 Å². The van der Waals surface area contributed by atoms with Gasteiger partial charge in [0.1, 0.15) is 0 Å². The Bertz CT molecular complexity index is 1090. The fraction of sp³-hybridized carbons (Fsp3) is 0.133. The van der Waals surface area contributed by atoms with E-state index in [0.29, 0.717) is 28.1 Å². The molecule has 0 bridgehead atoms. The van der Waals surface area contributed by atoms with Crippen LogP contribution in [0.1, 0.15) is 0 Å². The number of tetrazole rings is 1. The molecule has 4 rings (SSSR count). The summed E-state index contributed by atoms with van der Waals surface area (Å²) in [5.41, 5.74) is 1.25. The minimum absolute atomic E-state index is 0.161. The SMILES string of the molecule is O=c1n(CCSc2nnnn2-c2cccc(Cl)c2)nc2ccccn12. The fourth-order valence-corrected chi connectivity index (χ4v) is 3.37. The van der Waals surface area contributed by atoms with Crippen LogP contribution in [0.25, 0.3) is 11.3 Å². The normalized spacial score (nSPS) is 11.2. The highest BCUT2D eigenvalue weighted by atomic mass is 35.5. The lowest BCUT2D eigenvalue weighted by Crippen LogP contribution is -2.22. The van der Waals surface area contributed by atoms with E-state index in [-0.39, 0.29) is 5.69 Å². The number of nitrogens with zero attached hydrogens (tertiary/aromatic N) is 7. The van der Waals surface area contributed by atoms with Crippen molar-refractivity contribution in [2.45, 2.75) is 11.7 Å². The van der Waals surface area contributed by atoms with Crippen molar-refractivity contribution in [2.24, 2.45) is 0 Å². The molecule has 0 aliphatic rings. The lowest BCUT2D eigenvalue weighted by Gasteiger charge is -2.04.